The number of ether oxygens (including phenoxy) is 2. The topological polar surface area (TPSA) is 18.5 Å². The molecule has 3 heteroatoms. The van der Waals surface area contributed by atoms with Crippen molar-refractivity contribution in [1.29, 1.82) is 0 Å². The lowest BCUT2D eigenvalue weighted by Gasteiger charge is -2.19. The average Bonchev–Trinajstić information content (AvgIpc) is 2.53. The molecule has 0 saturated carbocycles. The van der Waals surface area contributed by atoms with Crippen molar-refractivity contribution in [1.82, 2.24) is 0 Å². The molecule has 0 aliphatic heterocycles. The molecular weight excluding hydrogens is 308 g/mol. The van der Waals surface area contributed by atoms with Crippen LogP contribution in [0.2, 0.25) is 0 Å². The van der Waals surface area contributed by atoms with Crippen LogP contribution in [-0.2, 0) is 0 Å². The minimum Gasteiger partial charge on any atom is -0.493 e. The minimum absolute atomic E-state index is 0.00568. The van der Waals surface area contributed by atoms with Crippen molar-refractivity contribution in [2.75, 3.05) is 6.61 Å². The van der Waals surface area contributed by atoms with Crippen LogP contribution in [0.4, 0.5) is 0 Å². The molecule has 0 saturated heterocycles. The molecule has 126 valence electrons. The first-order chi connectivity index (χ1) is 10.9. The third-order valence-corrected chi connectivity index (χ3v) is 4.67. The van der Waals surface area contributed by atoms with E-state index in [0.717, 1.165) is 29.9 Å². The highest BCUT2D eigenvalue weighted by molar-refractivity contribution is 6.21. The third kappa shape index (κ3) is 4.54. The highest BCUT2D eigenvalue weighted by Crippen LogP contribution is 2.30. The van der Waals surface area contributed by atoms with Gasteiger partial charge in [0.1, 0.15) is 17.6 Å². The van der Waals surface area contributed by atoms with Gasteiger partial charge < -0.3 is 9.47 Å². The van der Waals surface area contributed by atoms with Gasteiger partial charge in [-0.3, -0.25) is 0 Å². The van der Waals surface area contributed by atoms with E-state index in [4.69, 9.17) is 21.1 Å². The van der Waals surface area contributed by atoms with E-state index >= 15 is 0 Å². The van der Waals surface area contributed by atoms with E-state index in [1.807, 2.05) is 19.1 Å². The van der Waals surface area contributed by atoms with Crippen LogP contribution in [0.5, 0.6) is 11.5 Å². The molecule has 0 N–H and O–H groups in total. The largest absolute Gasteiger partial charge is 0.493 e. The zero-order valence-electron chi connectivity index (χ0n) is 14.7. The zero-order valence-corrected chi connectivity index (χ0v) is 15.5. The molecule has 0 spiro atoms. The van der Waals surface area contributed by atoms with Crippen molar-refractivity contribution in [2.24, 2.45) is 5.92 Å². The molecule has 0 aliphatic rings. The summed E-state index contributed by atoms with van der Waals surface area (Å²) in [6.07, 6.45) is 0.889. The Labute approximate surface area is 144 Å². The van der Waals surface area contributed by atoms with Crippen molar-refractivity contribution >= 4 is 22.4 Å². The van der Waals surface area contributed by atoms with E-state index in [1.54, 1.807) is 0 Å². The highest BCUT2D eigenvalue weighted by atomic mass is 35.5. The fourth-order valence-electron chi connectivity index (χ4n) is 2.55. The molecule has 0 radical (unpaired) electrons. The van der Waals surface area contributed by atoms with Crippen molar-refractivity contribution in [3.63, 3.8) is 0 Å². The molecule has 2 rings (SSSR count). The SMILES string of the molecule is CCC(Cl)C(C)Oc1ccc2c(C)c(OCC(C)C)ccc2c1. The Morgan fingerprint density at radius 2 is 1.83 bits per heavy atom. The molecule has 0 bridgehead atoms. The van der Waals surface area contributed by atoms with Crippen LogP contribution in [0.15, 0.2) is 30.3 Å². The Kier molecular flexibility index (Phi) is 6.17. The van der Waals surface area contributed by atoms with Gasteiger partial charge in [0.15, 0.2) is 0 Å². The van der Waals surface area contributed by atoms with Gasteiger partial charge in [-0.1, -0.05) is 32.9 Å². The number of hydrogen-bond acceptors (Lipinski definition) is 2. The quantitative estimate of drug-likeness (QED) is 0.581. The fraction of sp³-hybridized carbons (Fsp3) is 0.500. The summed E-state index contributed by atoms with van der Waals surface area (Å²) in [6, 6.07) is 10.3. The Balaban J connectivity index is 2.22. The van der Waals surface area contributed by atoms with Gasteiger partial charge in [0.25, 0.3) is 0 Å². The molecule has 0 aliphatic carbocycles. The van der Waals surface area contributed by atoms with Gasteiger partial charge in [0.05, 0.1) is 12.0 Å². The number of alkyl halides is 1. The van der Waals surface area contributed by atoms with E-state index in [2.05, 4.69) is 45.9 Å². The number of hydrogen-bond donors (Lipinski definition) is 0. The van der Waals surface area contributed by atoms with Crippen LogP contribution in [0, 0.1) is 12.8 Å². The summed E-state index contributed by atoms with van der Waals surface area (Å²) in [5.41, 5.74) is 1.17. The highest BCUT2D eigenvalue weighted by Gasteiger charge is 2.14. The monoisotopic (exact) mass is 334 g/mol. The second-order valence-electron chi connectivity index (χ2n) is 6.52. The molecule has 0 fully saturated rings. The summed E-state index contributed by atoms with van der Waals surface area (Å²) >= 11 is 6.25. The standard InChI is InChI=1S/C20H27ClO2/c1-6-19(21)15(5)23-17-8-9-18-14(4)20(22-12-13(2)3)10-7-16(18)11-17/h7-11,13,15,19H,6,12H2,1-5H3. The number of aryl methyl sites for hydroxylation is 1. The normalized spacial score (nSPS) is 14.0. The van der Waals surface area contributed by atoms with Crippen molar-refractivity contribution in [3.8, 4) is 11.5 Å². The lowest BCUT2D eigenvalue weighted by molar-refractivity contribution is 0.214. The molecule has 2 aromatic carbocycles. The molecule has 2 atom stereocenters. The predicted molar refractivity (Wildman–Crippen MR) is 99.0 cm³/mol. The molecule has 23 heavy (non-hydrogen) atoms. The maximum atomic E-state index is 6.25. The lowest BCUT2D eigenvalue weighted by atomic mass is 10.0. The van der Waals surface area contributed by atoms with E-state index < -0.39 is 0 Å². The van der Waals surface area contributed by atoms with Crippen LogP contribution >= 0.6 is 11.6 Å². The van der Waals surface area contributed by atoms with E-state index in [1.165, 1.54) is 10.9 Å². The summed E-state index contributed by atoms with van der Waals surface area (Å²) in [6.45, 7) is 11.2. The van der Waals surface area contributed by atoms with Crippen LogP contribution < -0.4 is 9.47 Å². The summed E-state index contributed by atoms with van der Waals surface area (Å²) < 4.78 is 11.9. The fourth-order valence-corrected chi connectivity index (χ4v) is 2.60. The average molecular weight is 335 g/mol. The van der Waals surface area contributed by atoms with Gasteiger partial charge in [-0.2, -0.15) is 0 Å². The first-order valence-corrected chi connectivity index (χ1v) is 8.82. The van der Waals surface area contributed by atoms with Gasteiger partial charge in [0.2, 0.25) is 0 Å². The molecule has 2 aromatic rings. The van der Waals surface area contributed by atoms with E-state index in [-0.39, 0.29) is 11.5 Å². The third-order valence-electron chi connectivity index (χ3n) is 4.00. The summed E-state index contributed by atoms with van der Waals surface area (Å²) in [4.78, 5) is 0. The molecular formula is C20H27ClO2. The van der Waals surface area contributed by atoms with Crippen molar-refractivity contribution in [3.05, 3.63) is 35.9 Å². The smallest absolute Gasteiger partial charge is 0.122 e. The first kappa shape index (κ1) is 17.9. The number of halogens is 1. The predicted octanol–water partition coefficient (Wildman–Crippen LogP) is 5.97. The van der Waals surface area contributed by atoms with Crippen LogP contribution in [0.1, 0.15) is 39.7 Å². The molecule has 2 nitrogen and oxygen atoms in total. The number of benzene rings is 2. The minimum atomic E-state index is -0.00568. The van der Waals surface area contributed by atoms with E-state index in [9.17, 15) is 0 Å². The maximum Gasteiger partial charge on any atom is 0.122 e. The van der Waals surface area contributed by atoms with Crippen molar-refractivity contribution < 1.29 is 9.47 Å². The number of fused-ring (bicyclic) bond motifs is 1. The zero-order chi connectivity index (χ0) is 17.0. The summed E-state index contributed by atoms with van der Waals surface area (Å²) in [5, 5.41) is 2.38. The second-order valence-corrected chi connectivity index (χ2v) is 7.08. The van der Waals surface area contributed by atoms with Crippen LogP contribution in [0.3, 0.4) is 0 Å². The summed E-state index contributed by atoms with van der Waals surface area (Å²) in [7, 11) is 0. The maximum absolute atomic E-state index is 6.25. The van der Waals surface area contributed by atoms with Gasteiger partial charge in [-0.05, 0) is 60.7 Å². The van der Waals surface area contributed by atoms with Gasteiger partial charge in [-0.15, -0.1) is 11.6 Å². The Morgan fingerprint density at radius 3 is 2.48 bits per heavy atom. The molecule has 0 amide bonds. The van der Waals surface area contributed by atoms with Gasteiger partial charge in [0, 0.05) is 0 Å². The van der Waals surface area contributed by atoms with Gasteiger partial charge >= 0.3 is 0 Å². The molecule has 2 unspecified atom stereocenters. The van der Waals surface area contributed by atoms with Crippen LogP contribution in [-0.4, -0.2) is 18.1 Å². The molecule has 0 heterocycles. The Hall–Kier alpha value is -1.41. The molecule has 0 aromatic heterocycles. The Morgan fingerprint density at radius 1 is 1.09 bits per heavy atom. The van der Waals surface area contributed by atoms with Crippen LogP contribution in [0.25, 0.3) is 10.8 Å². The summed E-state index contributed by atoms with van der Waals surface area (Å²) in [5.74, 6) is 2.34. The van der Waals surface area contributed by atoms with Crippen molar-refractivity contribution in [2.45, 2.75) is 52.5 Å². The van der Waals surface area contributed by atoms with E-state index in [0.29, 0.717) is 5.92 Å². The first-order valence-electron chi connectivity index (χ1n) is 8.39. The second kappa shape index (κ2) is 7.92. The van der Waals surface area contributed by atoms with Gasteiger partial charge in [-0.25, -0.2) is 0 Å². The number of rotatable bonds is 7. The Bertz CT molecular complexity index is 651. The lowest BCUT2D eigenvalue weighted by Crippen LogP contribution is -2.23.